The molecular formula is C13H25NO2. The fourth-order valence-corrected chi connectivity index (χ4v) is 2.85. The van der Waals surface area contributed by atoms with Gasteiger partial charge in [0.25, 0.3) is 0 Å². The SMILES string of the molecule is CCC1CC2(CCO1)CNCC(C)(CC)O2. The van der Waals surface area contributed by atoms with Crippen LogP contribution in [0.4, 0.5) is 0 Å². The minimum Gasteiger partial charge on any atom is -0.378 e. The molecule has 2 saturated heterocycles. The van der Waals surface area contributed by atoms with Gasteiger partial charge in [-0.1, -0.05) is 13.8 Å². The fraction of sp³-hybridized carbons (Fsp3) is 1.00. The largest absolute Gasteiger partial charge is 0.378 e. The molecule has 1 spiro atoms. The molecule has 3 unspecified atom stereocenters. The van der Waals surface area contributed by atoms with Gasteiger partial charge in [0.05, 0.1) is 17.3 Å². The van der Waals surface area contributed by atoms with E-state index in [2.05, 4.69) is 26.1 Å². The summed E-state index contributed by atoms with van der Waals surface area (Å²) in [6.45, 7) is 9.43. The minimum absolute atomic E-state index is 0.00782. The molecule has 2 aliphatic rings. The maximum absolute atomic E-state index is 6.44. The molecule has 0 saturated carbocycles. The van der Waals surface area contributed by atoms with Gasteiger partial charge < -0.3 is 14.8 Å². The molecular weight excluding hydrogens is 202 g/mol. The summed E-state index contributed by atoms with van der Waals surface area (Å²) in [6, 6.07) is 0. The fourth-order valence-electron chi connectivity index (χ4n) is 2.85. The highest BCUT2D eigenvalue weighted by Crippen LogP contribution is 2.36. The lowest BCUT2D eigenvalue weighted by Gasteiger charge is -2.50. The van der Waals surface area contributed by atoms with Crippen molar-refractivity contribution < 1.29 is 9.47 Å². The molecule has 0 amide bonds. The first-order valence-corrected chi connectivity index (χ1v) is 6.64. The third kappa shape index (κ3) is 2.41. The maximum atomic E-state index is 6.44. The van der Waals surface area contributed by atoms with Crippen molar-refractivity contribution in [3.8, 4) is 0 Å². The summed E-state index contributed by atoms with van der Waals surface area (Å²) in [4.78, 5) is 0. The third-order valence-electron chi connectivity index (χ3n) is 4.12. The summed E-state index contributed by atoms with van der Waals surface area (Å²) in [5.74, 6) is 0. The maximum Gasteiger partial charge on any atom is 0.0860 e. The molecule has 2 rings (SSSR count). The highest BCUT2D eigenvalue weighted by atomic mass is 16.5. The molecule has 16 heavy (non-hydrogen) atoms. The van der Waals surface area contributed by atoms with Crippen LogP contribution in [0.1, 0.15) is 46.5 Å². The molecule has 2 fully saturated rings. The Morgan fingerprint density at radius 3 is 2.81 bits per heavy atom. The van der Waals surface area contributed by atoms with E-state index in [1.807, 2.05) is 0 Å². The summed E-state index contributed by atoms with van der Waals surface area (Å²) in [5, 5.41) is 3.55. The van der Waals surface area contributed by atoms with Crippen molar-refractivity contribution in [2.24, 2.45) is 0 Å². The van der Waals surface area contributed by atoms with Crippen molar-refractivity contribution in [2.45, 2.75) is 63.8 Å². The van der Waals surface area contributed by atoms with Gasteiger partial charge in [-0.05, 0) is 19.8 Å². The van der Waals surface area contributed by atoms with Gasteiger partial charge >= 0.3 is 0 Å². The van der Waals surface area contributed by atoms with E-state index < -0.39 is 0 Å². The molecule has 2 aliphatic heterocycles. The standard InChI is InChI=1S/C13H25NO2/c1-4-11-8-13(6-7-15-11)10-14-9-12(3,5-2)16-13/h11,14H,4-10H2,1-3H3. The monoisotopic (exact) mass is 227 g/mol. The van der Waals surface area contributed by atoms with Gasteiger partial charge in [-0.2, -0.15) is 0 Å². The van der Waals surface area contributed by atoms with Crippen LogP contribution in [-0.4, -0.2) is 37.0 Å². The Kier molecular flexibility index (Phi) is 3.57. The lowest BCUT2D eigenvalue weighted by atomic mass is 9.85. The van der Waals surface area contributed by atoms with Crippen molar-refractivity contribution in [2.75, 3.05) is 19.7 Å². The van der Waals surface area contributed by atoms with Crippen molar-refractivity contribution >= 4 is 0 Å². The lowest BCUT2D eigenvalue weighted by molar-refractivity contribution is -0.214. The molecule has 0 aromatic carbocycles. The van der Waals surface area contributed by atoms with Crippen LogP contribution in [0, 0.1) is 0 Å². The first kappa shape index (κ1) is 12.3. The predicted molar refractivity (Wildman–Crippen MR) is 64.6 cm³/mol. The second-order valence-corrected chi connectivity index (χ2v) is 5.55. The number of hydrogen-bond donors (Lipinski definition) is 1. The number of rotatable bonds is 2. The molecule has 0 aromatic heterocycles. The Morgan fingerprint density at radius 2 is 2.12 bits per heavy atom. The van der Waals surface area contributed by atoms with Crippen LogP contribution < -0.4 is 5.32 Å². The summed E-state index contributed by atoms with van der Waals surface area (Å²) >= 11 is 0. The van der Waals surface area contributed by atoms with Gasteiger partial charge in [-0.15, -0.1) is 0 Å². The summed E-state index contributed by atoms with van der Waals surface area (Å²) in [7, 11) is 0. The average Bonchev–Trinajstić information content (AvgIpc) is 2.29. The molecule has 2 heterocycles. The zero-order valence-corrected chi connectivity index (χ0v) is 10.8. The second kappa shape index (κ2) is 4.63. The van der Waals surface area contributed by atoms with Gasteiger partial charge in [-0.3, -0.25) is 0 Å². The predicted octanol–water partition coefficient (Wildman–Crippen LogP) is 2.10. The van der Waals surface area contributed by atoms with E-state index in [1.54, 1.807) is 0 Å². The Balaban J connectivity index is 2.06. The van der Waals surface area contributed by atoms with Gasteiger partial charge in [-0.25, -0.2) is 0 Å². The van der Waals surface area contributed by atoms with Crippen LogP contribution in [0.2, 0.25) is 0 Å². The molecule has 0 radical (unpaired) electrons. The Labute approximate surface area is 98.9 Å². The van der Waals surface area contributed by atoms with Crippen molar-refractivity contribution in [3.05, 3.63) is 0 Å². The van der Waals surface area contributed by atoms with E-state index in [9.17, 15) is 0 Å². The zero-order valence-electron chi connectivity index (χ0n) is 10.8. The summed E-state index contributed by atoms with van der Waals surface area (Å²) in [5.41, 5.74) is 0.0375. The first-order valence-electron chi connectivity index (χ1n) is 6.64. The Morgan fingerprint density at radius 1 is 1.31 bits per heavy atom. The molecule has 3 nitrogen and oxygen atoms in total. The topological polar surface area (TPSA) is 30.5 Å². The number of hydrogen-bond acceptors (Lipinski definition) is 3. The normalized spacial score (nSPS) is 44.8. The van der Waals surface area contributed by atoms with Crippen molar-refractivity contribution in [1.82, 2.24) is 5.32 Å². The van der Waals surface area contributed by atoms with E-state index in [4.69, 9.17) is 9.47 Å². The Hall–Kier alpha value is -0.120. The highest BCUT2D eigenvalue weighted by Gasteiger charge is 2.45. The Bertz CT molecular complexity index is 242. The lowest BCUT2D eigenvalue weighted by Crippen LogP contribution is -2.61. The van der Waals surface area contributed by atoms with E-state index in [0.29, 0.717) is 6.10 Å². The molecule has 3 heteroatoms. The molecule has 1 N–H and O–H groups in total. The van der Waals surface area contributed by atoms with E-state index in [0.717, 1.165) is 45.4 Å². The van der Waals surface area contributed by atoms with Crippen LogP contribution in [0.25, 0.3) is 0 Å². The third-order valence-corrected chi connectivity index (χ3v) is 4.12. The number of morpholine rings is 1. The second-order valence-electron chi connectivity index (χ2n) is 5.55. The molecule has 0 aliphatic carbocycles. The molecule has 94 valence electrons. The molecule has 3 atom stereocenters. The zero-order chi connectivity index (χ0) is 11.6. The van der Waals surface area contributed by atoms with Crippen LogP contribution in [0.5, 0.6) is 0 Å². The first-order chi connectivity index (χ1) is 7.61. The average molecular weight is 227 g/mol. The molecule has 0 bridgehead atoms. The van der Waals surface area contributed by atoms with Crippen LogP contribution in [0.15, 0.2) is 0 Å². The van der Waals surface area contributed by atoms with Crippen LogP contribution in [-0.2, 0) is 9.47 Å². The number of nitrogens with one attached hydrogen (secondary N) is 1. The quantitative estimate of drug-likeness (QED) is 0.783. The van der Waals surface area contributed by atoms with E-state index in [-0.39, 0.29) is 11.2 Å². The van der Waals surface area contributed by atoms with Crippen molar-refractivity contribution in [1.29, 1.82) is 0 Å². The van der Waals surface area contributed by atoms with E-state index in [1.165, 1.54) is 0 Å². The van der Waals surface area contributed by atoms with E-state index >= 15 is 0 Å². The van der Waals surface area contributed by atoms with Gasteiger partial charge in [0.15, 0.2) is 0 Å². The number of ether oxygens (including phenoxy) is 2. The summed E-state index contributed by atoms with van der Waals surface area (Å²) in [6.07, 6.45) is 4.63. The molecule has 0 aromatic rings. The van der Waals surface area contributed by atoms with Crippen molar-refractivity contribution in [3.63, 3.8) is 0 Å². The summed E-state index contributed by atoms with van der Waals surface area (Å²) < 4.78 is 12.2. The van der Waals surface area contributed by atoms with Gasteiger partial charge in [0.1, 0.15) is 0 Å². The van der Waals surface area contributed by atoms with Gasteiger partial charge in [0, 0.05) is 32.5 Å². The minimum atomic E-state index is 0.00782. The smallest absolute Gasteiger partial charge is 0.0860 e. The van der Waals surface area contributed by atoms with Crippen LogP contribution >= 0.6 is 0 Å². The van der Waals surface area contributed by atoms with Crippen LogP contribution in [0.3, 0.4) is 0 Å². The highest BCUT2D eigenvalue weighted by molar-refractivity contribution is 4.97. The van der Waals surface area contributed by atoms with Gasteiger partial charge in [0.2, 0.25) is 0 Å².